The summed E-state index contributed by atoms with van der Waals surface area (Å²) in [4.78, 5) is 25.0. The fourth-order valence-corrected chi connectivity index (χ4v) is 18.4. The maximum Gasteiger partial charge on any atom is 0.175 e. The van der Waals surface area contributed by atoms with Crippen molar-refractivity contribution in [3.63, 3.8) is 0 Å². The molecule has 3 aliphatic heterocycles. The molecule has 11 heterocycles. The van der Waals surface area contributed by atoms with Crippen molar-refractivity contribution in [2.75, 3.05) is 39.5 Å². The third kappa shape index (κ3) is 10.1. The van der Waals surface area contributed by atoms with Crippen molar-refractivity contribution >= 4 is 75.7 Å². The molecule has 0 saturated heterocycles. The lowest BCUT2D eigenvalue weighted by molar-refractivity contribution is 0.232. The lowest BCUT2D eigenvalue weighted by atomic mass is 9.87. The van der Waals surface area contributed by atoms with E-state index in [1.54, 1.807) is 23.5 Å². The van der Waals surface area contributed by atoms with E-state index in [-0.39, 0.29) is 17.9 Å². The quantitative estimate of drug-likeness (QED) is 0.138. The maximum atomic E-state index is 12.6. The van der Waals surface area contributed by atoms with Gasteiger partial charge in [-0.25, -0.2) is 8.42 Å². The van der Waals surface area contributed by atoms with Crippen LogP contribution in [-0.4, -0.2) is 95.8 Å². The Hall–Kier alpha value is -9.15. The molecule has 14 aromatic rings. The number of sulfone groups is 1. The number of fused-ring (bicyclic) bond motifs is 11. The molecule has 95 heavy (non-hydrogen) atoms. The highest BCUT2D eigenvalue weighted by Crippen LogP contribution is 2.47. The largest absolute Gasteiger partial charge is 0.358 e. The van der Waals surface area contributed by atoms with Gasteiger partial charge >= 0.3 is 0 Å². The van der Waals surface area contributed by atoms with Gasteiger partial charge in [0, 0.05) is 198 Å². The number of thiophene rings is 1. The number of benzene rings is 6. The van der Waals surface area contributed by atoms with Crippen molar-refractivity contribution < 1.29 is 8.42 Å². The molecular formula is C81H78N10O2S2. The van der Waals surface area contributed by atoms with Crippen molar-refractivity contribution in [1.82, 2.24) is 47.9 Å². The van der Waals surface area contributed by atoms with Crippen LogP contribution in [0.25, 0.3) is 87.3 Å². The SMILES string of the molecule is Cc1ccc2[nH]c3c(c2c1)CN(Cc1cnc(C2CN(Cc4ccc(C5c6c(c7cc(C)ccc7n6C)CCN5C)c(-c5ccc6c(ccn6C)c5)n4)CCc4c2n(C)c2ccc(C)cc42)c(-c2ccc4c(ccn4C)c2)c1)CC3c1ccsc1-c1ccc(S(C)(=O)=O)cc1. The predicted molar refractivity (Wildman–Crippen MR) is 388 cm³/mol. The molecule has 0 bridgehead atoms. The summed E-state index contributed by atoms with van der Waals surface area (Å²) in [5, 5.41) is 8.54. The van der Waals surface area contributed by atoms with Crippen molar-refractivity contribution in [3.05, 3.63) is 254 Å². The van der Waals surface area contributed by atoms with Crippen LogP contribution in [0.1, 0.15) is 96.4 Å². The molecule has 3 atom stereocenters. The zero-order chi connectivity index (χ0) is 64.9. The molecule has 0 amide bonds. The summed E-state index contributed by atoms with van der Waals surface area (Å²) in [6, 6.07) is 55.9. The number of aryl methyl sites for hydroxylation is 7. The minimum absolute atomic E-state index is 0.0108. The number of nitrogens with one attached hydrogen (secondary N) is 1. The Morgan fingerprint density at radius 3 is 1.91 bits per heavy atom. The minimum atomic E-state index is -3.34. The summed E-state index contributed by atoms with van der Waals surface area (Å²) >= 11 is 1.72. The first-order valence-electron chi connectivity index (χ1n) is 33.4. The first-order chi connectivity index (χ1) is 46.0. The average Bonchev–Trinajstić information content (AvgIpc) is 1.62. The van der Waals surface area contributed by atoms with Gasteiger partial charge in [-0.1, -0.05) is 65.2 Å². The van der Waals surface area contributed by atoms with Crippen LogP contribution in [0.3, 0.4) is 0 Å². The Morgan fingerprint density at radius 2 is 1.19 bits per heavy atom. The van der Waals surface area contributed by atoms with E-state index in [4.69, 9.17) is 9.97 Å². The summed E-state index contributed by atoms with van der Waals surface area (Å²) in [5.41, 5.74) is 29.2. The fourth-order valence-electron chi connectivity index (χ4n) is 16.8. The molecule has 0 saturated carbocycles. The number of nitrogens with zero attached hydrogens (tertiary/aromatic N) is 9. The number of H-pyrrole nitrogens is 1. The van der Waals surface area contributed by atoms with Crippen LogP contribution in [-0.2, 0) is 70.5 Å². The Morgan fingerprint density at radius 1 is 0.568 bits per heavy atom. The molecule has 14 heteroatoms. The molecule has 3 aliphatic rings. The van der Waals surface area contributed by atoms with Crippen LogP contribution in [0.15, 0.2) is 181 Å². The van der Waals surface area contributed by atoms with Gasteiger partial charge in [-0.05, 0) is 188 Å². The van der Waals surface area contributed by atoms with Crippen LogP contribution in [0.5, 0.6) is 0 Å². The van der Waals surface area contributed by atoms with Crippen molar-refractivity contribution in [2.45, 2.75) is 76.0 Å². The van der Waals surface area contributed by atoms with Gasteiger partial charge in [-0.15, -0.1) is 11.3 Å². The monoisotopic (exact) mass is 1290 g/mol. The topological polar surface area (TPSA) is 105 Å². The van der Waals surface area contributed by atoms with Gasteiger partial charge in [0.05, 0.1) is 33.9 Å². The number of rotatable bonds is 11. The van der Waals surface area contributed by atoms with Crippen LogP contribution in [0, 0.1) is 20.8 Å². The number of hydrogen-bond acceptors (Lipinski definition) is 8. The Bertz CT molecular complexity index is 5560. The summed E-state index contributed by atoms with van der Waals surface area (Å²) in [6.45, 7) is 12.1. The first kappa shape index (κ1) is 59.6. The molecule has 3 unspecified atom stereocenters. The van der Waals surface area contributed by atoms with E-state index in [0.29, 0.717) is 18.0 Å². The lowest BCUT2D eigenvalue weighted by Gasteiger charge is -2.35. The lowest BCUT2D eigenvalue weighted by Crippen LogP contribution is -2.34. The molecule has 8 aromatic heterocycles. The molecule has 0 fully saturated rings. The molecule has 17 rings (SSSR count). The molecule has 0 radical (unpaired) electrons. The number of aromatic nitrogens is 7. The van der Waals surface area contributed by atoms with Crippen molar-refractivity contribution in [1.29, 1.82) is 0 Å². The molecule has 0 spiro atoms. The van der Waals surface area contributed by atoms with Gasteiger partial charge < -0.3 is 23.3 Å². The zero-order valence-corrected chi connectivity index (χ0v) is 57.1. The van der Waals surface area contributed by atoms with Crippen LogP contribution in [0.2, 0.25) is 0 Å². The zero-order valence-electron chi connectivity index (χ0n) is 55.5. The number of pyridine rings is 2. The van der Waals surface area contributed by atoms with Crippen LogP contribution in [0.4, 0.5) is 0 Å². The fraction of sp³-hybridized carbons (Fsp3) is 0.259. The van der Waals surface area contributed by atoms with E-state index in [0.717, 1.165) is 101 Å². The number of hydrogen-bond donors (Lipinski definition) is 1. The normalized spacial score (nSPS) is 17.4. The van der Waals surface area contributed by atoms with Crippen molar-refractivity contribution in [2.24, 2.45) is 28.2 Å². The second-order valence-corrected chi connectivity index (χ2v) is 30.7. The number of aromatic amines is 1. The highest BCUT2D eigenvalue weighted by molar-refractivity contribution is 7.90. The molecule has 1 N–H and O–H groups in total. The van der Waals surface area contributed by atoms with E-state index in [1.165, 1.54) is 117 Å². The summed E-state index contributed by atoms with van der Waals surface area (Å²) in [7, 11) is 7.74. The van der Waals surface area contributed by atoms with E-state index < -0.39 is 9.84 Å². The Balaban J connectivity index is 0.777. The van der Waals surface area contributed by atoms with Gasteiger partial charge in [-0.2, -0.15) is 0 Å². The molecule has 476 valence electrons. The Labute approximate surface area is 559 Å². The van der Waals surface area contributed by atoms with Gasteiger partial charge in [0.25, 0.3) is 0 Å². The molecule has 0 aliphatic carbocycles. The van der Waals surface area contributed by atoms with E-state index >= 15 is 0 Å². The number of likely N-dealkylation sites (N-methyl/N-ethyl adjacent to an activating group) is 1. The van der Waals surface area contributed by atoms with Crippen LogP contribution < -0.4 is 0 Å². The van der Waals surface area contributed by atoms with Gasteiger partial charge in [0.15, 0.2) is 9.84 Å². The van der Waals surface area contributed by atoms with E-state index in [1.807, 2.05) is 12.1 Å². The van der Waals surface area contributed by atoms with Gasteiger partial charge in [0.1, 0.15) is 0 Å². The highest BCUT2D eigenvalue weighted by atomic mass is 32.2. The molecule has 12 nitrogen and oxygen atoms in total. The second-order valence-electron chi connectivity index (χ2n) is 27.8. The molecule has 6 aromatic carbocycles. The van der Waals surface area contributed by atoms with Crippen LogP contribution >= 0.6 is 11.3 Å². The van der Waals surface area contributed by atoms with Crippen molar-refractivity contribution in [3.8, 4) is 32.8 Å². The first-order valence-corrected chi connectivity index (χ1v) is 36.1. The van der Waals surface area contributed by atoms with Gasteiger partial charge in [-0.3, -0.25) is 24.7 Å². The van der Waals surface area contributed by atoms with Gasteiger partial charge in [0.2, 0.25) is 0 Å². The van der Waals surface area contributed by atoms with E-state index in [2.05, 4.69) is 245 Å². The Kier molecular flexibility index (Phi) is 14.3. The summed E-state index contributed by atoms with van der Waals surface area (Å²) in [5.74, 6) is -0.0614. The maximum absolute atomic E-state index is 12.6. The third-order valence-corrected chi connectivity index (χ3v) is 23.6. The highest BCUT2D eigenvalue weighted by Gasteiger charge is 2.37. The average molecular weight is 1290 g/mol. The predicted octanol–water partition coefficient (Wildman–Crippen LogP) is 16.2. The summed E-state index contributed by atoms with van der Waals surface area (Å²) < 4.78 is 34.5. The third-order valence-electron chi connectivity index (χ3n) is 21.5. The second kappa shape index (κ2) is 22.8. The molecular weight excluding hydrogens is 1210 g/mol. The van der Waals surface area contributed by atoms with E-state index in [9.17, 15) is 8.42 Å². The minimum Gasteiger partial charge on any atom is -0.358 e. The smallest absolute Gasteiger partial charge is 0.175 e. The standard InChI is InChI=1S/C81H78N10O2S2/c1-48-10-21-70-64(36-48)68-46-91(45-67(77(68)84-70)61-30-35-94-81(61)52-13-18-58(19-14-52)95(9,92)93)43-51-39-63(53-15-24-71-54(40-53)26-31-85(71)4)76(82-42-51)69-47-90(34-29-59-65-37-49(2)11-22-73(65)88(7)78(59)69)44-57-17-20-62(75(83-57)56-16-25-72-55(41-56)27-32-86(72)5)79-80-60(28-33-87(79)6)66-38-50(3)12-23-74(66)89(80)8/h10-27,30-32,35-42,67,69,79,84H,28-29,33-34,43-47H2,1-9H3. The summed E-state index contributed by atoms with van der Waals surface area (Å²) in [6.07, 6.45) is 9.67.